The largest absolute Gasteiger partial charge is 0.444 e. The Morgan fingerprint density at radius 3 is 2.50 bits per heavy atom. The number of carbonyl (C=O) groups excluding carboxylic acids is 1. The Kier molecular flexibility index (Phi) is 5.74. The van der Waals surface area contributed by atoms with Gasteiger partial charge in [-0.05, 0) is 51.3 Å². The van der Waals surface area contributed by atoms with E-state index in [1.165, 1.54) is 12.1 Å². The quantitative estimate of drug-likeness (QED) is 0.832. The van der Waals surface area contributed by atoms with Gasteiger partial charge in [0.15, 0.2) is 0 Å². The molecule has 0 aliphatic carbocycles. The van der Waals surface area contributed by atoms with Crippen LogP contribution in [0.4, 0.5) is 9.18 Å². The van der Waals surface area contributed by atoms with Crippen molar-refractivity contribution in [1.82, 2.24) is 5.32 Å². The van der Waals surface area contributed by atoms with E-state index in [0.29, 0.717) is 12.8 Å². The van der Waals surface area contributed by atoms with E-state index in [9.17, 15) is 9.18 Å². The summed E-state index contributed by atoms with van der Waals surface area (Å²) in [6.45, 7) is 9.13. The summed E-state index contributed by atoms with van der Waals surface area (Å²) in [4.78, 5) is 11.8. The molecule has 0 saturated heterocycles. The van der Waals surface area contributed by atoms with Gasteiger partial charge in [-0.15, -0.1) is 6.58 Å². The van der Waals surface area contributed by atoms with E-state index in [1.807, 2.05) is 20.8 Å². The molecule has 4 heteroatoms. The molecule has 0 radical (unpaired) electrons. The third-order valence-electron chi connectivity index (χ3n) is 2.57. The Balaban J connectivity index is 2.62. The fourth-order valence-corrected chi connectivity index (χ4v) is 1.77. The highest BCUT2D eigenvalue weighted by atomic mass is 19.1. The number of nitrogens with one attached hydrogen (secondary N) is 1. The maximum absolute atomic E-state index is 12.9. The minimum atomic E-state index is -0.529. The molecule has 1 N–H and O–H groups in total. The van der Waals surface area contributed by atoms with E-state index in [1.54, 1.807) is 18.2 Å². The molecule has 110 valence electrons. The molecule has 0 aliphatic rings. The zero-order valence-corrected chi connectivity index (χ0v) is 12.3. The number of carbonyl (C=O) groups is 1. The van der Waals surface area contributed by atoms with Gasteiger partial charge in [0.2, 0.25) is 0 Å². The molecule has 0 saturated carbocycles. The monoisotopic (exact) mass is 279 g/mol. The molecular formula is C16H22FNO2. The lowest BCUT2D eigenvalue weighted by atomic mass is 10.0. The molecule has 1 unspecified atom stereocenters. The highest BCUT2D eigenvalue weighted by Crippen LogP contribution is 2.11. The predicted octanol–water partition coefficient (Wildman–Crippen LogP) is 3.84. The Morgan fingerprint density at radius 1 is 1.40 bits per heavy atom. The fraction of sp³-hybridized carbons (Fsp3) is 0.438. The first-order chi connectivity index (χ1) is 9.30. The summed E-state index contributed by atoms with van der Waals surface area (Å²) in [5.41, 5.74) is 0.424. The van der Waals surface area contributed by atoms with E-state index in [4.69, 9.17) is 4.74 Å². The summed E-state index contributed by atoms with van der Waals surface area (Å²) >= 11 is 0. The van der Waals surface area contributed by atoms with Crippen LogP contribution in [0.2, 0.25) is 0 Å². The smallest absolute Gasteiger partial charge is 0.407 e. The Bertz CT molecular complexity index is 449. The topological polar surface area (TPSA) is 38.3 Å². The van der Waals surface area contributed by atoms with Gasteiger partial charge in [-0.3, -0.25) is 0 Å². The van der Waals surface area contributed by atoms with Gasteiger partial charge in [0.05, 0.1) is 0 Å². The zero-order valence-electron chi connectivity index (χ0n) is 12.3. The normalized spacial score (nSPS) is 12.6. The zero-order chi connectivity index (χ0) is 15.2. The van der Waals surface area contributed by atoms with E-state index < -0.39 is 11.7 Å². The maximum Gasteiger partial charge on any atom is 0.407 e. The number of rotatable bonds is 5. The molecule has 0 spiro atoms. The van der Waals surface area contributed by atoms with Gasteiger partial charge in [-0.1, -0.05) is 18.2 Å². The third kappa shape index (κ3) is 6.36. The number of alkyl carbamates (subject to hydrolysis) is 1. The van der Waals surface area contributed by atoms with Crippen LogP contribution in [0.1, 0.15) is 32.8 Å². The van der Waals surface area contributed by atoms with Gasteiger partial charge < -0.3 is 10.1 Å². The molecule has 0 aliphatic heterocycles. The van der Waals surface area contributed by atoms with Gasteiger partial charge in [-0.25, -0.2) is 9.18 Å². The summed E-state index contributed by atoms with van der Waals surface area (Å²) in [7, 11) is 0. The van der Waals surface area contributed by atoms with Crippen molar-refractivity contribution in [2.75, 3.05) is 0 Å². The van der Waals surface area contributed by atoms with Crippen molar-refractivity contribution in [2.45, 2.75) is 45.3 Å². The second kappa shape index (κ2) is 7.08. The number of benzene rings is 1. The van der Waals surface area contributed by atoms with Crippen molar-refractivity contribution in [1.29, 1.82) is 0 Å². The molecule has 0 aromatic heterocycles. The molecule has 0 fully saturated rings. The highest BCUT2D eigenvalue weighted by Gasteiger charge is 2.19. The van der Waals surface area contributed by atoms with Crippen molar-refractivity contribution in [2.24, 2.45) is 0 Å². The van der Waals surface area contributed by atoms with Crippen LogP contribution in [-0.4, -0.2) is 17.7 Å². The fourth-order valence-electron chi connectivity index (χ4n) is 1.77. The average Bonchev–Trinajstić information content (AvgIpc) is 2.30. The number of hydrogen-bond donors (Lipinski definition) is 1. The summed E-state index contributed by atoms with van der Waals surface area (Å²) in [6, 6.07) is 6.12. The molecule has 0 heterocycles. The van der Waals surface area contributed by atoms with Crippen LogP contribution >= 0.6 is 0 Å². The minimum Gasteiger partial charge on any atom is -0.444 e. The Hall–Kier alpha value is -1.84. The molecule has 1 rings (SSSR count). The third-order valence-corrected chi connectivity index (χ3v) is 2.57. The van der Waals surface area contributed by atoms with Crippen molar-refractivity contribution in [3.05, 3.63) is 48.3 Å². The van der Waals surface area contributed by atoms with E-state index in [2.05, 4.69) is 11.9 Å². The lowest BCUT2D eigenvalue weighted by Gasteiger charge is -2.23. The molecular weight excluding hydrogens is 257 g/mol. The molecule has 1 amide bonds. The van der Waals surface area contributed by atoms with E-state index in [0.717, 1.165) is 5.56 Å². The second-order valence-electron chi connectivity index (χ2n) is 5.70. The van der Waals surface area contributed by atoms with Gasteiger partial charge in [0.25, 0.3) is 0 Å². The molecule has 3 nitrogen and oxygen atoms in total. The van der Waals surface area contributed by atoms with Crippen molar-refractivity contribution >= 4 is 6.09 Å². The van der Waals surface area contributed by atoms with Crippen LogP contribution in [-0.2, 0) is 11.2 Å². The summed E-state index contributed by atoms with van der Waals surface area (Å²) in [6.07, 6.45) is 2.51. The Labute approximate surface area is 119 Å². The highest BCUT2D eigenvalue weighted by molar-refractivity contribution is 5.68. The molecule has 1 aromatic carbocycles. The predicted molar refractivity (Wildman–Crippen MR) is 78.1 cm³/mol. The first kappa shape index (κ1) is 16.2. The SMILES string of the molecule is C=CCC(Cc1ccc(F)cc1)NC(=O)OC(C)(C)C. The van der Waals surface area contributed by atoms with Crippen LogP contribution in [0.15, 0.2) is 36.9 Å². The van der Waals surface area contributed by atoms with Gasteiger partial charge >= 0.3 is 6.09 Å². The van der Waals surface area contributed by atoms with Crippen LogP contribution in [0, 0.1) is 5.82 Å². The number of amides is 1. The van der Waals surface area contributed by atoms with Crippen molar-refractivity contribution in [3.8, 4) is 0 Å². The van der Waals surface area contributed by atoms with E-state index >= 15 is 0 Å². The standard InChI is InChI=1S/C16H22FNO2/c1-5-6-14(18-15(19)20-16(2,3)4)11-12-7-9-13(17)10-8-12/h5,7-10,14H,1,6,11H2,2-4H3,(H,18,19). The molecule has 1 aromatic rings. The average molecular weight is 279 g/mol. The van der Waals surface area contributed by atoms with Crippen molar-refractivity contribution in [3.63, 3.8) is 0 Å². The lowest BCUT2D eigenvalue weighted by molar-refractivity contribution is 0.0504. The molecule has 1 atom stereocenters. The molecule has 0 bridgehead atoms. The summed E-state index contributed by atoms with van der Waals surface area (Å²) in [5.74, 6) is -0.269. The molecule has 20 heavy (non-hydrogen) atoms. The van der Waals surface area contributed by atoms with Crippen LogP contribution in [0.25, 0.3) is 0 Å². The van der Waals surface area contributed by atoms with Crippen molar-refractivity contribution < 1.29 is 13.9 Å². The second-order valence-corrected chi connectivity index (χ2v) is 5.70. The first-order valence-corrected chi connectivity index (χ1v) is 6.65. The summed E-state index contributed by atoms with van der Waals surface area (Å²) in [5, 5.41) is 2.81. The van der Waals surface area contributed by atoms with Crippen LogP contribution in [0.3, 0.4) is 0 Å². The number of hydrogen-bond acceptors (Lipinski definition) is 2. The summed E-state index contributed by atoms with van der Waals surface area (Å²) < 4.78 is 18.1. The Morgan fingerprint density at radius 2 is 2.00 bits per heavy atom. The number of ether oxygens (including phenoxy) is 1. The number of halogens is 1. The van der Waals surface area contributed by atoms with Gasteiger partial charge in [0, 0.05) is 6.04 Å². The van der Waals surface area contributed by atoms with Crippen LogP contribution < -0.4 is 5.32 Å². The lowest BCUT2D eigenvalue weighted by Crippen LogP contribution is -2.40. The first-order valence-electron chi connectivity index (χ1n) is 6.65. The maximum atomic E-state index is 12.9. The van der Waals surface area contributed by atoms with E-state index in [-0.39, 0.29) is 11.9 Å². The minimum absolute atomic E-state index is 0.118. The van der Waals surface area contributed by atoms with Gasteiger partial charge in [0.1, 0.15) is 11.4 Å². The van der Waals surface area contributed by atoms with Crippen LogP contribution in [0.5, 0.6) is 0 Å². The van der Waals surface area contributed by atoms with Gasteiger partial charge in [-0.2, -0.15) is 0 Å².